The number of halogens is 1. The molecule has 0 radical (unpaired) electrons. The van der Waals surface area contributed by atoms with Crippen LogP contribution in [0.25, 0.3) is 0 Å². The fraction of sp³-hybridized carbons (Fsp3) is 0.625. The van der Waals surface area contributed by atoms with Crippen molar-refractivity contribution < 1.29 is 9.13 Å². The lowest BCUT2D eigenvalue weighted by atomic mass is 10.1. The number of methoxy groups -OCH3 is 1. The smallest absolute Gasteiger partial charge is 0.165 e. The van der Waals surface area contributed by atoms with Gasteiger partial charge in [0.1, 0.15) is 0 Å². The van der Waals surface area contributed by atoms with E-state index >= 15 is 0 Å². The van der Waals surface area contributed by atoms with E-state index in [1.807, 2.05) is 6.07 Å². The van der Waals surface area contributed by atoms with Gasteiger partial charge >= 0.3 is 0 Å². The van der Waals surface area contributed by atoms with Crippen LogP contribution in [0.2, 0.25) is 0 Å². The first-order valence-corrected chi connectivity index (χ1v) is 7.39. The van der Waals surface area contributed by atoms with Crippen molar-refractivity contribution in [3.05, 3.63) is 24.0 Å². The molecule has 0 aliphatic carbocycles. The van der Waals surface area contributed by atoms with E-state index in [1.165, 1.54) is 19.6 Å². The summed E-state index contributed by atoms with van der Waals surface area (Å²) in [5.41, 5.74) is 1.05. The molecule has 112 valence electrons. The van der Waals surface area contributed by atoms with E-state index in [0.29, 0.717) is 17.6 Å². The highest BCUT2D eigenvalue weighted by Gasteiger charge is 2.23. The Hall–Kier alpha value is -1.29. The molecular formula is C16H25FN2O. The van der Waals surface area contributed by atoms with E-state index in [4.69, 9.17) is 4.74 Å². The van der Waals surface area contributed by atoms with Gasteiger partial charge in [-0.2, -0.15) is 0 Å². The van der Waals surface area contributed by atoms with Gasteiger partial charge in [-0.1, -0.05) is 13.8 Å². The lowest BCUT2D eigenvalue weighted by Crippen LogP contribution is -2.28. The molecule has 1 fully saturated rings. The van der Waals surface area contributed by atoms with Crippen LogP contribution in [0.3, 0.4) is 0 Å². The number of rotatable bonds is 6. The predicted molar refractivity (Wildman–Crippen MR) is 81.0 cm³/mol. The van der Waals surface area contributed by atoms with Crippen molar-refractivity contribution in [3.8, 4) is 5.75 Å². The number of nitrogens with one attached hydrogen (secondary N) is 1. The normalized spacial score (nSPS) is 18.9. The van der Waals surface area contributed by atoms with Gasteiger partial charge in [-0.15, -0.1) is 0 Å². The van der Waals surface area contributed by atoms with Gasteiger partial charge in [-0.25, -0.2) is 4.39 Å². The molecule has 1 N–H and O–H groups in total. The molecule has 20 heavy (non-hydrogen) atoms. The van der Waals surface area contributed by atoms with Crippen LogP contribution in [0, 0.1) is 17.7 Å². The van der Waals surface area contributed by atoms with Crippen LogP contribution in [0.1, 0.15) is 20.3 Å². The molecule has 0 amide bonds. The van der Waals surface area contributed by atoms with Crippen molar-refractivity contribution in [2.24, 2.45) is 11.8 Å². The maximum Gasteiger partial charge on any atom is 0.165 e. The maximum atomic E-state index is 13.4. The summed E-state index contributed by atoms with van der Waals surface area (Å²) in [6.07, 6.45) is 1.19. The van der Waals surface area contributed by atoms with Gasteiger partial charge in [-0.05, 0) is 43.5 Å². The number of nitrogens with zero attached hydrogens (tertiary/aromatic N) is 1. The van der Waals surface area contributed by atoms with E-state index in [2.05, 4.69) is 24.1 Å². The minimum atomic E-state index is -0.300. The average Bonchev–Trinajstić information content (AvgIpc) is 2.87. The molecule has 1 aromatic rings. The Morgan fingerprint density at radius 3 is 2.95 bits per heavy atom. The minimum Gasteiger partial charge on any atom is -0.494 e. The summed E-state index contributed by atoms with van der Waals surface area (Å²) in [6, 6.07) is 5.11. The van der Waals surface area contributed by atoms with Gasteiger partial charge in [0.15, 0.2) is 11.6 Å². The topological polar surface area (TPSA) is 24.5 Å². The van der Waals surface area contributed by atoms with E-state index in [-0.39, 0.29) is 5.82 Å². The third kappa shape index (κ3) is 3.85. The molecule has 2 rings (SSSR count). The standard InChI is InChI=1S/C16H25FN2O/c1-12(2)9-18-10-13-6-7-19(11-13)14-4-5-15(17)16(8-14)20-3/h4-5,8,12-13,18H,6-7,9-11H2,1-3H3. The molecule has 1 aromatic carbocycles. The van der Waals surface area contributed by atoms with Crippen LogP contribution in [0.15, 0.2) is 18.2 Å². The van der Waals surface area contributed by atoms with Crippen LogP contribution in [-0.2, 0) is 0 Å². The van der Waals surface area contributed by atoms with Gasteiger partial charge in [0.05, 0.1) is 7.11 Å². The second-order valence-corrected chi connectivity index (χ2v) is 5.97. The predicted octanol–water partition coefficient (Wildman–Crippen LogP) is 2.91. The zero-order valence-electron chi connectivity index (χ0n) is 12.7. The molecule has 1 heterocycles. The number of hydrogen-bond donors (Lipinski definition) is 1. The number of benzene rings is 1. The summed E-state index contributed by atoms with van der Waals surface area (Å²) in [5.74, 6) is 1.38. The molecule has 0 bridgehead atoms. The van der Waals surface area contributed by atoms with Gasteiger partial charge < -0.3 is 15.0 Å². The Bertz CT molecular complexity index is 436. The Kier molecular flexibility index (Phi) is 5.24. The third-order valence-electron chi connectivity index (χ3n) is 3.77. The Morgan fingerprint density at radius 2 is 2.25 bits per heavy atom. The Balaban J connectivity index is 1.89. The summed E-state index contributed by atoms with van der Waals surface area (Å²) in [5, 5.41) is 3.52. The van der Waals surface area contributed by atoms with Gasteiger partial charge in [-0.3, -0.25) is 0 Å². The van der Waals surface area contributed by atoms with Crippen molar-refractivity contribution in [2.75, 3.05) is 38.2 Å². The third-order valence-corrected chi connectivity index (χ3v) is 3.77. The van der Waals surface area contributed by atoms with E-state index in [0.717, 1.165) is 31.9 Å². The monoisotopic (exact) mass is 280 g/mol. The quantitative estimate of drug-likeness (QED) is 0.867. The van der Waals surface area contributed by atoms with Crippen LogP contribution in [0.4, 0.5) is 10.1 Å². The molecule has 1 saturated heterocycles. The molecule has 1 aliphatic rings. The SMILES string of the molecule is COc1cc(N2CCC(CNCC(C)C)C2)ccc1F. The highest BCUT2D eigenvalue weighted by molar-refractivity contribution is 5.52. The zero-order chi connectivity index (χ0) is 14.5. The Labute approximate surface area is 121 Å². The second kappa shape index (κ2) is 6.93. The summed E-state index contributed by atoms with van der Waals surface area (Å²) < 4.78 is 18.5. The fourth-order valence-electron chi connectivity index (χ4n) is 2.66. The lowest BCUT2D eigenvalue weighted by Gasteiger charge is -2.20. The number of anilines is 1. The molecule has 4 heteroatoms. The van der Waals surface area contributed by atoms with Crippen LogP contribution >= 0.6 is 0 Å². The molecule has 0 saturated carbocycles. The molecular weight excluding hydrogens is 255 g/mol. The van der Waals surface area contributed by atoms with E-state index < -0.39 is 0 Å². The molecule has 0 spiro atoms. The lowest BCUT2D eigenvalue weighted by molar-refractivity contribution is 0.386. The van der Waals surface area contributed by atoms with Gasteiger partial charge in [0, 0.05) is 24.8 Å². The van der Waals surface area contributed by atoms with E-state index in [9.17, 15) is 4.39 Å². The van der Waals surface area contributed by atoms with E-state index in [1.54, 1.807) is 6.07 Å². The summed E-state index contributed by atoms with van der Waals surface area (Å²) in [4.78, 5) is 2.31. The first-order valence-electron chi connectivity index (χ1n) is 7.39. The van der Waals surface area contributed by atoms with Crippen molar-refractivity contribution in [2.45, 2.75) is 20.3 Å². The summed E-state index contributed by atoms with van der Waals surface area (Å²) in [6.45, 7) is 8.63. The molecule has 1 atom stereocenters. The van der Waals surface area contributed by atoms with Gasteiger partial charge in [0.25, 0.3) is 0 Å². The van der Waals surface area contributed by atoms with Crippen LogP contribution in [0.5, 0.6) is 5.75 Å². The Morgan fingerprint density at radius 1 is 1.45 bits per heavy atom. The van der Waals surface area contributed by atoms with Crippen molar-refractivity contribution >= 4 is 5.69 Å². The van der Waals surface area contributed by atoms with Crippen molar-refractivity contribution in [1.29, 1.82) is 0 Å². The highest BCUT2D eigenvalue weighted by atomic mass is 19.1. The first-order chi connectivity index (χ1) is 9.60. The molecule has 3 nitrogen and oxygen atoms in total. The average molecular weight is 280 g/mol. The fourth-order valence-corrected chi connectivity index (χ4v) is 2.66. The van der Waals surface area contributed by atoms with Crippen molar-refractivity contribution in [1.82, 2.24) is 5.32 Å². The van der Waals surface area contributed by atoms with Gasteiger partial charge in [0.2, 0.25) is 0 Å². The van der Waals surface area contributed by atoms with Crippen LogP contribution in [-0.4, -0.2) is 33.3 Å². The summed E-state index contributed by atoms with van der Waals surface area (Å²) in [7, 11) is 1.50. The number of ether oxygens (including phenoxy) is 1. The molecule has 1 unspecified atom stereocenters. The van der Waals surface area contributed by atoms with Crippen LogP contribution < -0.4 is 15.0 Å². The van der Waals surface area contributed by atoms with Crippen molar-refractivity contribution in [3.63, 3.8) is 0 Å². The zero-order valence-corrected chi connectivity index (χ0v) is 12.7. The first kappa shape index (κ1) is 15.1. The highest BCUT2D eigenvalue weighted by Crippen LogP contribution is 2.28. The largest absolute Gasteiger partial charge is 0.494 e. The number of hydrogen-bond acceptors (Lipinski definition) is 3. The second-order valence-electron chi connectivity index (χ2n) is 5.97. The maximum absolute atomic E-state index is 13.4. The molecule has 1 aliphatic heterocycles. The minimum absolute atomic E-state index is 0.300. The molecule has 0 aromatic heterocycles. The summed E-state index contributed by atoms with van der Waals surface area (Å²) >= 11 is 0.